The van der Waals surface area contributed by atoms with Gasteiger partial charge in [0.05, 0.1) is 6.61 Å². The molecule has 0 saturated heterocycles. The van der Waals surface area contributed by atoms with E-state index in [2.05, 4.69) is 0 Å². The van der Waals surface area contributed by atoms with Crippen LogP contribution in [0.25, 0.3) is 0 Å². The largest absolute Gasteiger partial charge is 0.463 e. The predicted molar refractivity (Wildman–Crippen MR) is 110 cm³/mol. The van der Waals surface area contributed by atoms with E-state index in [1.54, 1.807) is 6.08 Å². The average molecular weight is 391 g/mol. The van der Waals surface area contributed by atoms with Gasteiger partial charge >= 0.3 is 5.97 Å². The zero-order chi connectivity index (χ0) is 19.3. The van der Waals surface area contributed by atoms with Gasteiger partial charge in [0.1, 0.15) is 9.52 Å². The Morgan fingerprint density at radius 3 is 1.65 bits per heavy atom. The molecular formula is C21H40F2O2Si. The summed E-state index contributed by atoms with van der Waals surface area (Å²) in [6, 6.07) is -1.16. The number of carbonyl (C=O) groups excluding carboxylic acids is 1. The zero-order valence-electron chi connectivity index (χ0n) is 16.8. The lowest BCUT2D eigenvalue weighted by Gasteiger charge is -2.04. The van der Waals surface area contributed by atoms with Gasteiger partial charge in [-0.15, -0.1) is 0 Å². The van der Waals surface area contributed by atoms with Gasteiger partial charge in [-0.2, -0.15) is 0 Å². The molecule has 0 unspecified atom stereocenters. The van der Waals surface area contributed by atoms with Gasteiger partial charge < -0.3 is 4.74 Å². The van der Waals surface area contributed by atoms with Crippen LogP contribution >= 0.6 is 0 Å². The maximum Gasteiger partial charge on any atom is 0.330 e. The average Bonchev–Trinajstić information content (AvgIpc) is 2.60. The van der Waals surface area contributed by atoms with Crippen molar-refractivity contribution in [2.75, 3.05) is 6.61 Å². The summed E-state index contributed by atoms with van der Waals surface area (Å²) < 4.78 is 29.1. The summed E-state index contributed by atoms with van der Waals surface area (Å²) in [6.45, 7) is 2.35. The molecule has 0 atom stereocenters. The first kappa shape index (κ1) is 25.3. The van der Waals surface area contributed by atoms with Crippen molar-refractivity contribution in [1.82, 2.24) is 0 Å². The number of allylic oxidation sites excluding steroid dienone is 1. The Hall–Kier alpha value is -0.713. The van der Waals surface area contributed by atoms with E-state index in [0.717, 1.165) is 31.7 Å². The predicted octanol–water partition coefficient (Wildman–Crippen LogP) is 6.38. The van der Waals surface area contributed by atoms with Gasteiger partial charge in [-0.05, 0) is 13.3 Å². The first-order chi connectivity index (χ1) is 12.7. The zero-order valence-corrected chi connectivity index (χ0v) is 18.2. The van der Waals surface area contributed by atoms with Crippen molar-refractivity contribution < 1.29 is 18.3 Å². The Bertz CT molecular complexity index is 336. The van der Waals surface area contributed by atoms with Crippen LogP contribution < -0.4 is 0 Å². The molecule has 0 aliphatic heterocycles. The molecule has 0 aromatic heterocycles. The van der Waals surface area contributed by atoms with Crippen molar-refractivity contribution in [3.63, 3.8) is 0 Å². The van der Waals surface area contributed by atoms with Crippen molar-refractivity contribution in [3.05, 3.63) is 12.2 Å². The molecule has 0 saturated carbocycles. The van der Waals surface area contributed by atoms with Gasteiger partial charge in [0.15, 0.2) is 0 Å². The summed E-state index contributed by atoms with van der Waals surface area (Å²) in [5.41, 5.74) is 0. The maximum absolute atomic E-state index is 12.0. The van der Waals surface area contributed by atoms with E-state index in [1.165, 1.54) is 70.3 Å². The van der Waals surface area contributed by atoms with Crippen LogP contribution in [0.4, 0.5) is 8.78 Å². The smallest absolute Gasteiger partial charge is 0.330 e. The highest BCUT2D eigenvalue weighted by atomic mass is 28.2. The molecule has 2 nitrogen and oxygen atoms in total. The first-order valence-corrected chi connectivity index (χ1v) is 12.6. The summed E-state index contributed by atoms with van der Waals surface area (Å²) in [5, 5.41) is 0. The van der Waals surface area contributed by atoms with Crippen molar-refractivity contribution in [2.45, 2.75) is 109 Å². The van der Waals surface area contributed by atoms with Crippen molar-refractivity contribution in [3.8, 4) is 0 Å². The monoisotopic (exact) mass is 390 g/mol. The molecule has 0 aromatic rings. The minimum atomic E-state index is -1.98. The quantitative estimate of drug-likeness (QED) is 0.111. The Labute approximate surface area is 162 Å². The Morgan fingerprint density at radius 1 is 0.808 bits per heavy atom. The molecule has 0 amide bonds. The van der Waals surface area contributed by atoms with Crippen molar-refractivity contribution in [2.24, 2.45) is 0 Å². The number of halogens is 2. The molecule has 0 heterocycles. The lowest BCUT2D eigenvalue weighted by molar-refractivity contribution is -0.137. The summed E-state index contributed by atoms with van der Waals surface area (Å²) in [7, 11) is -1.08. The fourth-order valence-corrected chi connectivity index (χ4v) is 4.01. The number of hydrogen-bond donors (Lipinski definition) is 0. The molecule has 0 aliphatic rings. The summed E-state index contributed by atoms with van der Waals surface area (Å²) in [6.07, 6.45) is 20.4. The third-order valence-corrected chi connectivity index (χ3v) is 5.96. The highest BCUT2D eigenvalue weighted by molar-refractivity contribution is 6.36. The van der Waals surface area contributed by atoms with E-state index in [9.17, 15) is 13.6 Å². The second-order valence-corrected chi connectivity index (χ2v) is 9.05. The molecule has 0 aliphatic carbocycles. The van der Waals surface area contributed by atoms with Crippen molar-refractivity contribution >= 4 is 15.5 Å². The maximum atomic E-state index is 12.0. The molecule has 154 valence electrons. The molecule has 26 heavy (non-hydrogen) atoms. The molecular weight excluding hydrogens is 350 g/mol. The van der Waals surface area contributed by atoms with Crippen LogP contribution in [0.3, 0.4) is 0 Å². The lowest BCUT2D eigenvalue weighted by Crippen LogP contribution is -2.02. The molecule has 0 spiro atoms. The Balaban J connectivity index is 3.06. The third-order valence-electron chi connectivity index (χ3n) is 4.61. The van der Waals surface area contributed by atoms with Gasteiger partial charge in [0.2, 0.25) is 6.05 Å². The van der Waals surface area contributed by atoms with Crippen LogP contribution in [-0.4, -0.2) is 28.1 Å². The van der Waals surface area contributed by atoms with E-state index in [4.69, 9.17) is 4.74 Å². The van der Waals surface area contributed by atoms with Crippen LogP contribution in [0.2, 0.25) is 6.04 Å². The second-order valence-electron chi connectivity index (χ2n) is 7.15. The van der Waals surface area contributed by atoms with E-state index in [0.29, 0.717) is 6.61 Å². The molecule has 0 radical (unpaired) electrons. The number of alkyl halides is 2. The summed E-state index contributed by atoms with van der Waals surface area (Å²) in [4.78, 5) is 11.1. The van der Waals surface area contributed by atoms with Gasteiger partial charge in [0, 0.05) is 6.08 Å². The van der Waals surface area contributed by atoms with Crippen LogP contribution in [0.15, 0.2) is 12.2 Å². The minimum absolute atomic E-state index is 0.235. The molecule has 0 aromatic carbocycles. The summed E-state index contributed by atoms with van der Waals surface area (Å²) >= 11 is 0. The number of unbranched alkanes of at least 4 members (excludes halogenated alkanes) is 13. The Kier molecular flexibility index (Phi) is 20.0. The number of carbonyl (C=O) groups is 1. The molecule has 5 heteroatoms. The molecule has 0 rings (SSSR count). The van der Waals surface area contributed by atoms with Crippen LogP contribution in [0, 0.1) is 0 Å². The van der Waals surface area contributed by atoms with Gasteiger partial charge in [0.25, 0.3) is 0 Å². The van der Waals surface area contributed by atoms with E-state index in [-0.39, 0.29) is 5.97 Å². The van der Waals surface area contributed by atoms with E-state index >= 15 is 0 Å². The highest BCUT2D eigenvalue weighted by Crippen LogP contribution is 2.13. The Morgan fingerprint density at radius 2 is 1.23 bits per heavy atom. The number of hydrogen-bond acceptors (Lipinski definition) is 2. The molecule has 0 bridgehead atoms. The fourth-order valence-electron chi connectivity index (χ4n) is 3.06. The second kappa shape index (κ2) is 20.6. The highest BCUT2D eigenvalue weighted by Gasteiger charge is 2.02. The standard InChI is InChI=1S/C21H40F2O2Si/c1-2-17-20(24)25-18-15-13-11-9-7-5-3-4-6-8-10-12-14-16-19-26-21(22)23/h2,17,21H,3-16,18-19,26H2,1H3. The molecule has 0 fully saturated rings. The van der Waals surface area contributed by atoms with E-state index < -0.39 is 15.6 Å². The number of ether oxygens (including phenoxy) is 1. The lowest BCUT2D eigenvalue weighted by atomic mass is 10.0. The molecule has 0 N–H and O–H groups in total. The number of esters is 1. The fraction of sp³-hybridized carbons (Fsp3) is 0.857. The SMILES string of the molecule is CC=CC(=O)OCCCCCCCCCCCCCCCC[SiH2]C(F)F. The van der Waals surface area contributed by atoms with Crippen LogP contribution in [-0.2, 0) is 9.53 Å². The van der Waals surface area contributed by atoms with Crippen LogP contribution in [0.5, 0.6) is 0 Å². The number of rotatable bonds is 19. The topological polar surface area (TPSA) is 26.3 Å². The minimum Gasteiger partial charge on any atom is -0.463 e. The van der Waals surface area contributed by atoms with Gasteiger partial charge in [-0.25, -0.2) is 13.6 Å². The normalized spacial score (nSPS) is 12.0. The third kappa shape index (κ3) is 21.3. The van der Waals surface area contributed by atoms with Crippen molar-refractivity contribution in [1.29, 1.82) is 0 Å². The van der Waals surface area contributed by atoms with Gasteiger partial charge in [-0.1, -0.05) is 95.6 Å². The van der Waals surface area contributed by atoms with Gasteiger partial charge in [-0.3, -0.25) is 0 Å². The van der Waals surface area contributed by atoms with E-state index in [1.807, 2.05) is 6.92 Å². The van der Waals surface area contributed by atoms with Crippen LogP contribution in [0.1, 0.15) is 96.8 Å². The summed E-state index contributed by atoms with van der Waals surface area (Å²) in [5.74, 6) is -0.235. The first-order valence-electron chi connectivity index (χ1n) is 10.7.